The minimum Gasteiger partial charge on any atom is -0.493 e. The van der Waals surface area contributed by atoms with Crippen molar-refractivity contribution in [3.8, 4) is 17.2 Å². The highest BCUT2D eigenvalue weighted by Gasteiger charge is 2.31. The third-order valence-corrected chi connectivity index (χ3v) is 4.60. The molecule has 0 radical (unpaired) electrons. The van der Waals surface area contributed by atoms with Crippen LogP contribution in [-0.4, -0.2) is 37.8 Å². The van der Waals surface area contributed by atoms with Gasteiger partial charge in [0, 0.05) is 25.5 Å². The first-order valence-corrected chi connectivity index (χ1v) is 10.4. The largest absolute Gasteiger partial charge is 0.493 e. The van der Waals surface area contributed by atoms with Gasteiger partial charge < -0.3 is 24.1 Å². The van der Waals surface area contributed by atoms with Crippen molar-refractivity contribution < 1.29 is 37.3 Å². The first kappa shape index (κ1) is 27.6. The summed E-state index contributed by atoms with van der Waals surface area (Å²) in [5.41, 5.74) is 0.348. The molecular weight excluding hydrogens is 449 g/mol. The monoisotopic (exact) mass is 476 g/mol. The topological polar surface area (TPSA) is 65.0 Å². The number of aliphatic hydroxyl groups excluding tert-OH is 1. The first-order valence-electron chi connectivity index (χ1n) is 10.0. The van der Waals surface area contributed by atoms with Gasteiger partial charge in [0.15, 0.2) is 0 Å². The Morgan fingerprint density at radius 2 is 1.81 bits per heavy atom. The SMILES string of the molecule is CC=O.CCC1Cc2cc(OCCCOc3ccc(C(F)(F)F)cc3Cl)ccc2O1.CO. The van der Waals surface area contributed by atoms with Crippen molar-refractivity contribution in [1.29, 1.82) is 0 Å². The Hall–Kier alpha value is -2.45. The molecule has 0 aromatic heterocycles. The smallest absolute Gasteiger partial charge is 0.416 e. The first-order chi connectivity index (χ1) is 15.3. The van der Waals surface area contributed by atoms with E-state index < -0.39 is 11.7 Å². The van der Waals surface area contributed by atoms with Crippen molar-refractivity contribution in [2.75, 3.05) is 20.3 Å². The van der Waals surface area contributed by atoms with Crippen molar-refractivity contribution in [2.24, 2.45) is 0 Å². The molecule has 1 unspecified atom stereocenters. The quantitative estimate of drug-likeness (QED) is 0.408. The molecule has 1 aliphatic heterocycles. The van der Waals surface area contributed by atoms with Gasteiger partial charge in [0.2, 0.25) is 0 Å². The van der Waals surface area contributed by atoms with Gasteiger partial charge in [-0.05, 0) is 49.7 Å². The van der Waals surface area contributed by atoms with E-state index in [2.05, 4.69) is 6.92 Å². The van der Waals surface area contributed by atoms with E-state index in [9.17, 15) is 13.2 Å². The summed E-state index contributed by atoms with van der Waals surface area (Å²) in [6.45, 7) is 4.25. The van der Waals surface area contributed by atoms with Crippen molar-refractivity contribution in [3.63, 3.8) is 0 Å². The van der Waals surface area contributed by atoms with Crippen LogP contribution in [0.1, 0.15) is 37.8 Å². The summed E-state index contributed by atoms with van der Waals surface area (Å²) in [6, 6.07) is 8.82. The number of fused-ring (bicyclic) bond motifs is 1. The van der Waals surface area contributed by atoms with Gasteiger partial charge in [0.25, 0.3) is 0 Å². The normalized spacial score (nSPS) is 14.1. The second kappa shape index (κ2) is 13.9. The Balaban J connectivity index is 0.000000944. The Bertz CT molecular complexity index is 843. The summed E-state index contributed by atoms with van der Waals surface area (Å²) in [5.74, 6) is 1.90. The van der Waals surface area contributed by atoms with Gasteiger partial charge >= 0.3 is 6.18 Å². The molecule has 0 bridgehead atoms. The number of aliphatic hydroxyl groups is 1. The van der Waals surface area contributed by atoms with Gasteiger partial charge in [0.1, 0.15) is 29.6 Å². The number of carbonyl (C=O) groups is 1. The number of hydrogen-bond acceptors (Lipinski definition) is 5. The molecule has 0 saturated heterocycles. The van der Waals surface area contributed by atoms with Crippen molar-refractivity contribution in [2.45, 2.75) is 45.4 Å². The minimum absolute atomic E-state index is 0.0603. The molecule has 2 aromatic rings. The van der Waals surface area contributed by atoms with Gasteiger partial charge in [-0.1, -0.05) is 18.5 Å². The fourth-order valence-corrected chi connectivity index (χ4v) is 3.07. The van der Waals surface area contributed by atoms with Gasteiger partial charge in [-0.25, -0.2) is 0 Å². The lowest BCUT2D eigenvalue weighted by Gasteiger charge is -2.12. The second-order valence-electron chi connectivity index (χ2n) is 6.55. The van der Waals surface area contributed by atoms with Crippen LogP contribution >= 0.6 is 11.6 Å². The van der Waals surface area contributed by atoms with Crippen molar-refractivity contribution in [3.05, 3.63) is 52.5 Å². The number of benzene rings is 2. The lowest BCUT2D eigenvalue weighted by atomic mass is 10.1. The molecule has 1 heterocycles. The van der Waals surface area contributed by atoms with E-state index >= 15 is 0 Å². The van der Waals surface area contributed by atoms with Gasteiger partial charge in [-0.15, -0.1) is 0 Å². The van der Waals surface area contributed by atoms with Gasteiger partial charge in [0.05, 0.1) is 23.8 Å². The summed E-state index contributed by atoms with van der Waals surface area (Å²) < 4.78 is 54.8. The molecule has 3 rings (SSSR count). The third kappa shape index (κ3) is 8.59. The van der Waals surface area contributed by atoms with Gasteiger partial charge in [-0.2, -0.15) is 13.2 Å². The third-order valence-electron chi connectivity index (χ3n) is 4.30. The van der Waals surface area contributed by atoms with Crippen LogP contribution in [0.2, 0.25) is 5.02 Å². The molecule has 5 nitrogen and oxygen atoms in total. The summed E-state index contributed by atoms with van der Waals surface area (Å²) in [6.07, 6.45) is -1.01. The average molecular weight is 477 g/mol. The molecule has 9 heteroatoms. The molecule has 0 aliphatic carbocycles. The number of aldehydes is 1. The van der Waals surface area contributed by atoms with Crippen LogP contribution in [0.15, 0.2) is 36.4 Å². The fraction of sp³-hybridized carbons (Fsp3) is 0.435. The maximum Gasteiger partial charge on any atom is 0.416 e. The molecule has 0 saturated carbocycles. The van der Waals surface area contributed by atoms with E-state index in [1.165, 1.54) is 13.0 Å². The number of alkyl halides is 3. The maximum absolute atomic E-state index is 12.6. The van der Waals surface area contributed by atoms with Crippen LogP contribution < -0.4 is 14.2 Å². The van der Waals surface area contributed by atoms with Crippen LogP contribution in [0.25, 0.3) is 0 Å². The van der Waals surface area contributed by atoms with Crippen molar-refractivity contribution in [1.82, 2.24) is 0 Å². The van der Waals surface area contributed by atoms with E-state index in [0.717, 1.165) is 55.4 Å². The number of ether oxygens (including phenoxy) is 3. The van der Waals surface area contributed by atoms with Crippen LogP contribution in [0, 0.1) is 0 Å². The molecular formula is C23H28ClF3O5. The Labute approximate surface area is 191 Å². The van der Waals surface area contributed by atoms with E-state index in [-0.39, 0.29) is 23.5 Å². The average Bonchev–Trinajstić information content (AvgIpc) is 3.18. The summed E-state index contributed by atoms with van der Waals surface area (Å²) in [7, 11) is 1.00. The molecule has 0 fully saturated rings. The predicted octanol–water partition coefficient (Wildman–Crippen LogP) is 5.73. The molecule has 0 spiro atoms. The molecule has 32 heavy (non-hydrogen) atoms. The molecule has 1 aliphatic rings. The molecule has 0 amide bonds. The zero-order chi connectivity index (χ0) is 24.1. The lowest BCUT2D eigenvalue weighted by molar-refractivity contribution is -0.137. The zero-order valence-electron chi connectivity index (χ0n) is 18.2. The summed E-state index contributed by atoms with van der Waals surface area (Å²) >= 11 is 5.85. The maximum atomic E-state index is 12.6. The van der Waals surface area contributed by atoms with Crippen LogP contribution in [0.3, 0.4) is 0 Å². The zero-order valence-corrected chi connectivity index (χ0v) is 19.0. The lowest BCUT2D eigenvalue weighted by Crippen LogP contribution is -2.10. The molecule has 1 N–H and O–H groups in total. The Morgan fingerprint density at radius 1 is 1.16 bits per heavy atom. The Morgan fingerprint density at radius 3 is 2.41 bits per heavy atom. The molecule has 2 aromatic carbocycles. The second-order valence-corrected chi connectivity index (χ2v) is 6.96. The van der Waals surface area contributed by atoms with Gasteiger partial charge in [-0.3, -0.25) is 0 Å². The highest BCUT2D eigenvalue weighted by Crippen LogP contribution is 2.35. The van der Waals surface area contributed by atoms with E-state index in [4.69, 9.17) is 35.7 Å². The highest BCUT2D eigenvalue weighted by atomic mass is 35.5. The molecule has 1 atom stereocenters. The predicted molar refractivity (Wildman–Crippen MR) is 117 cm³/mol. The standard InChI is InChI=1S/C20H20ClF3O3.C2H4O.CH4O/c1-2-15-10-13-11-16(5-7-18(13)27-15)25-8-3-9-26-19-6-4-14(12-17(19)21)20(22,23)24;1-2-3;1-2/h4-7,11-12,15H,2-3,8-10H2,1H3;2H,1H3;2H,1H3. The van der Waals surface area contributed by atoms with Crippen molar-refractivity contribution >= 4 is 17.9 Å². The number of halogens is 4. The Kier molecular flexibility index (Phi) is 11.9. The van der Waals surface area contributed by atoms with E-state index in [0.29, 0.717) is 13.0 Å². The van der Waals surface area contributed by atoms with E-state index in [1.54, 1.807) is 0 Å². The summed E-state index contributed by atoms with van der Waals surface area (Å²) in [4.78, 5) is 8.81. The van der Waals surface area contributed by atoms with Crippen LogP contribution in [0.4, 0.5) is 13.2 Å². The number of carbonyl (C=O) groups excluding carboxylic acids is 1. The fourth-order valence-electron chi connectivity index (χ4n) is 2.84. The molecule has 178 valence electrons. The summed E-state index contributed by atoms with van der Waals surface area (Å²) in [5, 5.41) is 6.94. The highest BCUT2D eigenvalue weighted by molar-refractivity contribution is 6.32. The number of hydrogen-bond donors (Lipinski definition) is 1. The van der Waals surface area contributed by atoms with Crippen LogP contribution in [-0.2, 0) is 17.4 Å². The minimum atomic E-state index is -4.42. The number of rotatable bonds is 7. The van der Waals surface area contributed by atoms with Crippen LogP contribution in [0.5, 0.6) is 17.2 Å². The van der Waals surface area contributed by atoms with E-state index in [1.807, 2.05) is 18.2 Å².